The van der Waals surface area contributed by atoms with Crippen molar-refractivity contribution in [3.05, 3.63) is 47.5 Å². The number of hydrogen-bond donors (Lipinski definition) is 1. The van der Waals surface area contributed by atoms with Gasteiger partial charge in [-0.05, 0) is 45.1 Å². The van der Waals surface area contributed by atoms with Crippen molar-refractivity contribution >= 4 is 0 Å². The van der Waals surface area contributed by atoms with Crippen molar-refractivity contribution in [2.24, 2.45) is 0 Å². The molecule has 1 nitrogen and oxygen atoms in total. The van der Waals surface area contributed by atoms with Crippen molar-refractivity contribution in [3.8, 4) is 0 Å². The van der Waals surface area contributed by atoms with Crippen LogP contribution in [0.25, 0.3) is 0 Å². The Kier molecular flexibility index (Phi) is 4.38. The van der Waals surface area contributed by atoms with Gasteiger partial charge in [-0.15, -0.1) is 0 Å². The van der Waals surface area contributed by atoms with E-state index in [9.17, 15) is 0 Å². The minimum Gasteiger partial charge on any atom is -0.304 e. The highest BCUT2D eigenvalue weighted by molar-refractivity contribution is 5.29. The minimum atomic E-state index is 0.413. The summed E-state index contributed by atoms with van der Waals surface area (Å²) in [5.74, 6) is 0. The largest absolute Gasteiger partial charge is 0.304 e. The second-order valence-electron chi connectivity index (χ2n) is 5.19. The molecule has 1 unspecified atom stereocenters. The van der Waals surface area contributed by atoms with Crippen LogP contribution in [-0.2, 0) is 0 Å². The maximum Gasteiger partial charge on any atom is 0.0537 e. The maximum absolute atomic E-state index is 3.70. The molecule has 17 heavy (non-hydrogen) atoms. The van der Waals surface area contributed by atoms with Crippen LogP contribution < -0.4 is 5.32 Å². The average molecular weight is 229 g/mol. The van der Waals surface area contributed by atoms with Gasteiger partial charge in [-0.25, -0.2) is 0 Å². The Morgan fingerprint density at radius 2 is 1.82 bits per heavy atom. The fraction of sp³-hybridized carbons (Fsp3) is 0.500. The summed E-state index contributed by atoms with van der Waals surface area (Å²) in [6, 6.07) is 11.7. The summed E-state index contributed by atoms with van der Waals surface area (Å²) >= 11 is 0. The standard InChI is InChI=1S/C16H23N/c1-13(2)17-16(14-9-5-3-6-10-14)15-11-7-4-8-12-15/h3,5-6,9-11,13,16-17H,4,7-8,12H2,1-2H3. The molecule has 1 heteroatoms. The SMILES string of the molecule is CC(C)NC(C1=CCCCC1)c1ccccc1. The van der Waals surface area contributed by atoms with E-state index >= 15 is 0 Å². The topological polar surface area (TPSA) is 12.0 Å². The zero-order valence-electron chi connectivity index (χ0n) is 10.9. The zero-order chi connectivity index (χ0) is 12.1. The van der Waals surface area contributed by atoms with E-state index in [1.807, 2.05) is 0 Å². The molecule has 0 spiro atoms. The Morgan fingerprint density at radius 1 is 1.06 bits per heavy atom. The lowest BCUT2D eigenvalue weighted by molar-refractivity contribution is 0.497. The Balaban J connectivity index is 2.21. The highest BCUT2D eigenvalue weighted by Gasteiger charge is 2.18. The van der Waals surface area contributed by atoms with E-state index in [2.05, 4.69) is 55.6 Å². The molecule has 0 heterocycles. The summed E-state index contributed by atoms with van der Waals surface area (Å²) in [7, 11) is 0. The highest BCUT2D eigenvalue weighted by Crippen LogP contribution is 2.30. The molecule has 1 aliphatic carbocycles. The van der Waals surface area contributed by atoms with E-state index in [1.165, 1.54) is 31.2 Å². The Morgan fingerprint density at radius 3 is 2.41 bits per heavy atom. The highest BCUT2D eigenvalue weighted by atomic mass is 14.9. The number of hydrogen-bond acceptors (Lipinski definition) is 1. The van der Waals surface area contributed by atoms with Crippen LogP contribution >= 0.6 is 0 Å². The summed E-state index contributed by atoms with van der Waals surface area (Å²) < 4.78 is 0. The molecule has 0 saturated carbocycles. The molecule has 0 saturated heterocycles. The molecule has 1 N–H and O–H groups in total. The number of allylic oxidation sites excluding steroid dienone is 1. The molecule has 2 rings (SSSR count). The van der Waals surface area contributed by atoms with Gasteiger partial charge < -0.3 is 5.32 Å². The van der Waals surface area contributed by atoms with Crippen LogP contribution in [0, 0.1) is 0 Å². The van der Waals surface area contributed by atoms with Crippen LogP contribution in [0.15, 0.2) is 42.0 Å². The van der Waals surface area contributed by atoms with Gasteiger partial charge in [-0.3, -0.25) is 0 Å². The third kappa shape index (κ3) is 3.44. The zero-order valence-corrected chi connectivity index (χ0v) is 10.9. The summed E-state index contributed by atoms with van der Waals surface area (Å²) in [5, 5.41) is 3.70. The van der Waals surface area contributed by atoms with Crippen molar-refractivity contribution in [2.45, 2.75) is 51.6 Å². The van der Waals surface area contributed by atoms with Gasteiger partial charge in [-0.2, -0.15) is 0 Å². The molecule has 0 amide bonds. The molecule has 0 bridgehead atoms. The van der Waals surface area contributed by atoms with Gasteiger partial charge >= 0.3 is 0 Å². The molecular weight excluding hydrogens is 206 g/mol. The first-order chi connectivity index (χ1) is 8.27. The molecule has 1 atom stereocenters. The van der Waals surface area contributed by atoms with Gasteiger partial charge in [0.2, 0.25) is 0 Å². The van der Waals surface area contributed by atoms with E-state index in [0.29, 0.717) is 12.1 Å². The number of benzene rings is 1. The third-order valence-corrected chi connectivity index (χ3v) is 3.33. The first-order valence-electron chi connectivity index (χ1n) is 6.77. The van der Waals surface area contributed by atoms with Crippen molar-refractivity contribution in [1.82, 2.24) is 5.32 Å². The second-order valence-corrected chi connectivity index (χ2v) is 5.19. The molecule has 1 aromatic carbocycles. The smallest absolute Gasteiger partial charge is 0.0537 e. The van der Waals surface area contributed by atoms with Crippen LogP contribution in [0.3, 0.4) is 0 Å². The van der Waals surface area contributed by atoms with Crippen LogP contribution in [0.5, 0.6) is 0 Å². The van der Waals surface area contributed by atoms with Crippen molar-refractivity contribution in [3.63, 3.8) is 0 Å². The summed E-state index contributed by atoms with van der Waals surface area (Å²) in [6.07, 6.45) is 7.63. The quantitative estimate of drug-likeness (QED) is 0.762. The second kappa shape index (κ2) is 6.02. The summed E-state index contributed by atoms with van der Waals surface area (Å²) in [5.41, 5.74) is 2.98. The summed E-state index contributed by atoms with van der Waals surface area (Å²) in [4.78, 5) is 0. The lowest BCUT2D eigenvalue weighted by atomic mass is 9.89. The van der Waals surface area contributed by atoms with Crippen LogP contribution in [-0.4, -0.2) is 6.04 Å². The minimum absolute atomic E-state index is 0.413. The van der Waals surface area contributed by atoms with E-state index < -0.39 is 0 Å². The molecule has 0 aliphatic heterocycles. The van der Waals surface area contributed by atoms with Crippen LogP contribution in [0.1, 0.15) is 51.1 Å². The fourth-order valence-electron chi connectivity index (χ4n) is 2.52. The first kappa shape index (κ1) is 12.4. The van der Waals surface area contributed by atoms with Crippen LogP contribution in [0.4, 0.5) is 0 Å². The molecule has 92 valence electrons. The lowest BCUT2D eigenvalue weighted by Crippen LogP contribution is -2.30. The molecule has 0 fully saturated rings. The predicted molar refractivity (Wildman–Crippen MR) is 74.0 cm³/mol. The van der Waals surface area contributed by atoms with E-state index in [0.717, 1.165) is 0 Å². The van der Waals surface area contributed by atoms with Crippen molar-refractivity contribution in [2.75, 3.05) is 0 Å². The average Bonchev–Trinajstić information content (AvgIpc) is 2.38. The van der Waals surface area contributed by atoms with Crippen molar-refractivity contribution < 1.29 is 0 Å². The third-order valence-electron chi connectivity index (χ3n) is 3.33. The fourth-order valence-corrected chi connectivity index (χ4v) is 2.52. The molecule has 0 aromatic heterocycles. The van der Waals surface area contributed by atoms with E-state index in [1.54, 1.807) is 5.57 Å². The monoisotopic (exact) mass is 229 g/mol. The predicted octanol–water partition coefficient (Wildman–Crippen LogP) is 4.23. The summed E-state index contributed by atoms with van der Waals surface area (Å²) in [6.45, 7) is 4.44. The van der Waals surface area contributed by atoms with Gasteiger partial charge in [0.05, 0.1) is 6.04 Å². The first-order valence-corrected chi connectivity index (χ1v) is 6.77. The Labute approximate surface area is 105 Å². The van der Waals surface area contributed by atoms with E-state index in [4.69, 9.17) is 0 Å². The Bertz CT molecular complexity index is 364. The van der Waals surface area contributed by atoms with Gasteiger partial charge in [0.1, 0.15) is 0 Å². The maximum atomic E-state index is 3.70. The molecule has 1 aliphatic rings. The normalized spacial score (nSPS) is 17.9. The van der Waals surface area contributed by atoms with Gasteiger partial charge in [0.15, 0.2) is 0 Å². The Hall–Kier alpha value is -1.08. The number of rotatable bonds is 4. The van der Waals surface area contributed by atoms with Gasteiger partial charge in [0, 0.05) is 6.04 Å². The molecule has 1 aromatic rings. The number of nitrogens with one attached hydrogen (secondary N) is 1. The molecular formula is C16H23N. The van der Waals surface area contributed by atoms with E-state index in [-0.39, 0.29) is 0 Å². The van der Waals surface area contributed by atoms with Crippen LogP contribution in [0.2, 0.25) is 0 Å². The van der Waals surface area contributed by atoms with Gasteiger partial charge in [-0.1, -0.05) is 42.0 Å². The lowest BCUT2D eigenvalue weighted by Gasteiger charge is -2.27. The molecule has 0 radical (unpaired) electrons. The van der Waals surface area contributed by atoms with Crippen molar-refractivity contribution in [1.29, 1.82) is 0 Å². The van der Waals surface area contributed by atoms with Gasteiger partial charge in [0.25, 0.3) is 0 Å².